The fraction of sp³-hybridized carbons (Fsp3) is 0.125. The summed E-state index contributed by atoms with van der Waals surface area (Å²) in [5.41, 5.74) is 5.03. The van der Waals surface area contributed by atoms with Gasteiger partial charge in [0.25, 0.3) is 0 Å². The number of para-hydroxylation sites is 2. The van der Waals surface area contributed by atoms with Crippen LogP contribution in [0.15, 0.2) is 50.4 Å². The van der Waals surface area contributed by atoms with E-state index in [4.69, 9.17) is 13.9 Å². The van der Waals surface area contributed by atoms with Crippen molar-refractivity contribution in [2.45, 2.75) is 0 Å². The predicted molar refractivity (Wildman–Crippen MR) is 92.5 cm³/mol. The molecule has 0 saturated heterocycles. The van der Waals surface area contributed by atoms with Gasteiger partial charge < -0.3 is 13.9 Å². The lowest BCUT2D eigenvalue weighted by atomic mass is 10.2. The first-order valence-electron chi connectivity index (χ1n) is 6.77. The molecule has 118 valence electrons. The molecule has 0 aliphatic heterocycles. The van der Waals surface area contributed by atoms with Crippen molar-refractivity contribution in [1.82, 2.24) is 4.98 Å². The van der Waals surface area contributed by atoms with Crippen molar-refractivity contribution in [2.24, 2.45) is 5.10 Å². The Morgan fingerprint density at radius 2 is 1.96 bits per heavy atom. The molecule has 0 atom stereocenters. The van der Waals surface area contributed by atoms with Crippen LogP contribution in [0.4, 0.5) is 6.01 Å². The second-order valence-corrected chi connectivity index (χ2v) is 5.44. The van der Waals surface area contributed by atoms with Crippen molar-refractivity contribution >= 4 is 39.3 Å². The summed E-state index contributed by atoms with van der Waals surface area (Å²) in [5, 5.41) is 4.14. The van der Waals surface area contributed by atoms with Crippen LogP contribution < -0.4 is 14.9 Å². The summed E-state index contributed by atoms with van der Waals surface area (Å²) < 4.78 is 16.9. The monoisotopic (exact) mass is 375 g/mol. The molecule has 0 amide bonds. The normalized spacial score (nSPS) is 11.1. The summed E-state index contributed by atoms with van der Waals surface area (Å²) in [6, 6.07) is 11.5. The molecule has 0 saturated carbocycles. The number of fused-ring (bicyclic) bond motifs is 1. The van der Waals surface area contributed by atoms with E-state index < -0.39 is 0 Å². The maximum Gasteiger partial charge on any atom is 0.316 e. The van der Waals surface area contributed by atoms with Gasteiger partial charge in [-0.3, -0.25) is 0 Å². The maximum absolute atomic E-state index is 5.53. The fourth-order valence-corrected chi connectivity index (χ4v) is 2.58. The van der Waals surface area contributed by atoms with Gasteiger partial charge in [-0.05, 0) is 34.1 Å². The molecule has 0 unspecified atom stereocenters. The molecule has 0 aliphatic carbocycles. The standard InChI is InChI=1S/C16H14BrN3O3/c1-21-14-8-15(22-2)11(17)7-10(14)9-18-20-16-19-12-5-3-4-6-13(12)23-16/h3-9H,1-2H3,(H,19,20)/b18-9-. The van der Waals surface area contributed by atoms with E-state index in [1.54, 1.807) is 26.5 Å². The highest BCUT2D eigenvalue weighted by atomic mass is 79.9. The van der Waals surface area contributed by atoms with Crippen molar-refractivity contribution in [3.8, 4) is 11.5 Å². The Morgan fingerprint density at radius 1 is 1.17 bits per heavy atom. The molecule has 0 aliphatic rings. The Hall–Kier alpha value is -2.54. The van der Waals surface area contributed by atoms with E-state index in [1.807, 2.05) is 30.3 Å². The molecule has 2 aromatic carbocycles. The second kappa shape index (κ2) is 6.70. The Morgan fingerprint density at radius 3 is 2.70 bits per heavy atom. The molecule has 6 nitrogen and oxygen atoms in total. The minimum absolute atomic E-state index is 0.328. The van der Waals surface area contributed by atoms with E-state index in [9.17, 15) is 0 Å². The van der Waals surface area contributed by atoms with Crippen LogP contribution in [-0.4, -0.2) is 25.4 Å². The minimum Gasteiger partial charge on any atom is -0.496 e. The number of hydrogen-bond donors (Lipinski definition) is 1. The lowest BCUT2D eigenvalue weighted by Crippen LogP contribution is -1.96. The van der Waals surface area contributed by atoms with Crippen LogP contribution in [0.5, 0.6) is 11.5 Å². The third kappa shape index (κ3) is 3.29. The number of anilines is 1. The number of aromatic nitrogens is 1. The molecule has 3 rings (SSSR count). The molecular formula is C16H14BrN3O3. The summed E-state index contributed by atoms with van der Waals surface area (Å²) in [4.78, 5) is 4.28. The summed E-state index contributed by atoms with van der Waals surface area (Å²) in [5.74, 6) is 1.33. The van der Waals surface area contributed by atoms with Crippen molar-refractivity contribution < 1.29 is 13.9 Å². The van der Waals surface area contributed by atoms with E-state index in [-0.39, 0.29) is 0 Å². The van der Waals surface area contributed by atoms with Crippen molar-refractivity contribution in [3.63, 3.8) is 0 Å². The van der Waals surface area contributed by atoms with Gasteiger partial charge in [0.05, 0.1) is 24.9 Å². The average molecular weight is 376 g/mol. The number of halogens is 1. The molecule has 0 bridgehead atoms. The summed E-state index contributed by atoms with van der Waals surface area (Å²) in [6.45, 7) is 0. The number of rotatable bonds is 5. The largest absolute Gasteiger partial charge is 0.496 e. The van der Waals surface area contributed by atoms with Crippen LogP contribution in [0.2, 0.25) is 0 Å². The lowest BCUT2D eigenvalue weighted by molar-refractivity contribution is 0.392. The Balaban J connectivity index is 1.81. The predicted octanol–water partition coefficient (Wildman–Crippen LogP) is 4.05. The number of hydrazone groups is 1. The van der Waals surface area contributed by atoms with E-state index in [0.717, 1.165) is 15.6 Å². The number of nitrogens with zero attached hydrogens (tertiary/aromatic N) is 2. The maximum atomic E-state index is 5.53. The molecule has 3 aromatic rings. The summed E-state index contributed by atoms with van der Waals surface area (Å²) >= 11 is 3.44. The van der Waals surface area contributed by atoms with Gasteiger partial charge in [-0.1, -0.05) is 12.1 Å². The second-order valence-electron chi connectivity index (χ2n) is 4.59. The first-order chi connectivity index (χ1) is 11.2. The Kier molecular flexibility index (Phi) is 4.47. The topological polar surface area (TPSA) is 68.9 Å². The van der Waals surface area contributed by atoms with Gasteiger partial charge in [0, 0.05) is 11.6 Å². The van der Waals surface area contributed by atoms with Crippen molar-refractivity contribution in [2.75, 3.05) is 19.6 Å². The van der Waals surface area contributed by atoms with Crippen LogP contribution in [0.1, 0.15) is 5.56 Å². The number of nitrogens with one attached hydrogen (secondary N) is 1. The zero-order chi connectivity index (χ0) is 16.2. The number of benzene rings is 2. The fourth-order valence-electron chi connectivity index (χ4n) is 2.06. The minimum atomic E-state index is 0.328. The third-order valence-corrected chi connectivity index (χ3v) is 3.78. The zero-order valence-corrected chi connectivity index (χ0v) is 14.1. The first-order valence-corrected chi connectivity index (χ1v) is 7.56. The van der Waals surface area contributed by atoms with Crippen molar-refractivity contribution in [3.05, 3.63) is 46.4 Å². The van der Waals surface area contributed by atoms with Crippen LogP contribution in [0.25, 0.3) is 11.1 Å². The molecule has 0 spiro atoms. The number of methoxy groups -OCH3 is 2. The highest BCUT2D eigenvalue weighted by molar-refractivity contribution is 9.10. The van der Waals surface area contributed by atoms with Crippen molar-refractivity contribution in [1.29, 1.82) is 0 Å². The van der Waals surface area contributed by atoms with E-state index in [1.165, 1.54) is 0 Å². The lowest BCUT2D eigenvalue weighted by Gasteiger charge is -2.09. The van der Waals surface area contributed by atoms with Gasteiger partial charge in [0.1, 0.15) is 17.0 Å². The van der Waals surface area contributed by atoms with E-state index in [0.29, 0.717) is 23.1 Å². The molecule has 0 fully saturated rings. The molecule has 1 heterocycles. The van der Waals surface area contributed by atoms with E-state index in [2.05, 4.69) is 31.4 Å². The van der Waals surface area contributed by atoms with Gasteiger partial charge in [-0.2, -0.15) is 10.1 Å². The Bertz CT molecular complexity index is 828. The first kappa shape index (κ1) is 15.4. The highest BCUT2D eigenvalue weighted by Crippen LogP contribution is 2.32. The molecule has 0 radical (unpaired) electrons. The molecule has 1 aromatic heterocycles. The molecule has 1 N–H and O–H groups in total. The average Bonchev–Trinajstić information content (AvgIpc) is 2.98. The van der Waals surface area contributed by atoms with E-state index >= 15 is 0 Å². The molecule has 7 heteroatoms. The molecule has 23 heavy (non-hydrogen) atoms. The third-order valence-electron chi connectivity index (χ3n) is 3.16. The highest BCUT2D eigenvalue weighted by Gasteiger charge is 2.08. The summed E-state index contributed by atoms with van der Waals surface area (Å²) in [7, 11) is 3.19. The number of oxazole rings is 1. The zero-order valence-electron chi connectivity index (χ0n) is 12.5. The molecular weight excluding hydrogens is 362 g/mol. The SMILES string of the molecule is COc1cc(OC)c(/C=N\Nc2nc3ccccc3o2)cc1Br. The van der Waals surface area contributed by atoms with Crippen LogP contribution in [-0.2, 0) is 0 Å². The van der Waals surface area contributed by atoms with Gasteiger partial charge in [0.2, 0.25) is 0 Å². The number of ether oxygens (including phenoxy) is 2. The van der Waals surface area contributed by atoms with Crippen LogP contribution in [0.3, 0.4) is 0 Å². The number of hydrogen-bond acceptors (Lipinski definition) is 6. The van der Waals surface area contributed by atoms with Gasteiger partial charge in [-0.15, -0.1) is 0 Å². The quantitative estimate of drug-likeness (QED) is 0.537. The van der Waals surface area contributed by atoms with Gasteiger partial charge in [0.15, 0.2) is 5.58 Å². The summed E-state index contributed by atoms with van der Waals surface area (Å²) in [6.07, 6.45) is 1.62. The van der Waals surface area contributed by atoms with Crippen LogP contribution in [0, 0.1) is 0 Å². The smallest absolute Gasteiger partial charge is 0.316 e. The van der Waals surface area contributed by atoms with Gasteiger partial charge >= 0.3 is 6.01 Å². The van der Waals surface area contributed by atoms with Gasteiger partial charge in [-0.25, -0.2) is 5.43 Å². The Labute approximate surface area is 141 Å². The van der Waals surface area contributed by atoms with Crippen LogP contribution >= 0.6 is 15.9 Å².